The van der Waals surface area contributed by atoms with Crippen molar-refractivity contribution in [2.24, 2.45) is 0 Å². The highest BCUT2D eigenvalue weighted by atomic mass is 35.5. The molecule has 4 aromatic rings. The molecule has 0 saturated heterocycles. The van der Waals surface area contributed by atoms with Crippen molar-refractivity contribution >= 4 is 45.1 Å². The van der Waals surface area contributed by atoms with E-state index in [1.807, 2.05) is 61.5 Å². The average Bonchev–Trinajstić information content (AvgIpc) is 3.13. The minimum absolute atomic E-state index is 0.311. The fourth-order valence-electron chi connectivity index (χ4n) is 3.84. The number of rotatable bonds is 7. The van der Waals surface area contributed by atoms with Crippen molar-refractivity contribution in [1.29, 1.82) is 0 Å². The van der Waals surface area contributed by atoms with Gasteiger partial charge in [0.25, 0.3) is 0 Å². The van der Waals surface area contributed by atoms with Gasteiger partial charge in [0.05, 0.1) is 23.4 Å². The molecule has 5 heteroatoms. The lowest BCUT2D eigenvalue weighted by molar-refractivity contribution is 0.0530. The van der Waals surface area contributed by atoms with Gasteiger partial charge in [0, 0.05) is 33.4 Å². The number of unbranched alkanes of at least 4 members (excludes halogenated alkanes) is 1. The number of para-hydroxylation sites is 1. The third kappa shape index (κ3) is 3.75. The zero-order valence-corrected chi connectivity index (χ0v) is 18.0. The van der Waals surface area contributed by atoms with Gasteiger partial charge in [-0.1, -0.05) is 55.3 Å². The number of benzene rings is 3. The first kappa shape index (κ1) is 20.3. The number of H-pyrrole nitrogens is 1. The Morgan fingerprint density at radius 1 is 1.10 bits per heavy atom. The molecular formula is C25H25ClN2O2. The van der Waals surface area contributed by atoms with Gasteiger partial charge in [0.1, 0.15) is 0 Å². The molecule has 0 amide bonds. The summed E-state index contributed by atoms with van der Waals surface area (Å²) in [4.78, 5) is 16.6. The minimum Gasteiger partial charge on any atom is -0.462 e. The van der Waals surface area contributed by atoms with Crippen LogP contribution in [-0.4, -0.2) is 24.1 Å². The van der Waals surface area contributed by atoms with E-state index in [4.69, 9.17) is 16.3 Å². The van der Waals surface area contributed by atoms with Crippen molar-refractivity contribution < 1.29 is 9.53 Å². The molecular weight excluding hydrogens is 396 g/mol. The second kappa shape index (κ2) is 8.80. The molecule has 0 fully saturated rings. The largest absolute Gasteiger partial charge is 0.462 e. The van der Waals surface area contributed by atoms with Gasteiger partial charge in [-0.25, -0.2) is 4.79 Å². The molecule has 30 heavy (non-hydrogen) atoms. The average molecular weight is 421 g/mol. The number of carbonyl (C=O) groups excluding carboxylic acids is 1. The summed E-state index contributed by atoms with van der Waals surface area (Å²) in [5.74, 6) is -0.311. The third-order valence-electron chi connectivity index (χ3n) is 5.26. The topological polar surface area (TPSA) is 54.1 Å². The molecule has 0 aliphatic heterocycles. The molecule has 1 aromatic heterocycles. The number of nitrogens with one attached hydrogen (secondary N) is 2. The number of anilines is 1. The highest BCUT2D eigenvalue weighted by molar-refractivity contribution is 6.30. The van der Waals surface area contributed by atoms with Crippen LogP contribution >= 0.6 is 11.6 Å². The van der Waals surface area contributed by atoms with Crippen LogP contribution in [0.1, 0.15) is 37.0 Å². The predicted octanol–water partition coefficient (Wildman–Crippen LogP) is 7.03. The quantitative estimate of drug-likeness (QED) is 0.249. The Labute approximate surface area is 181 Å². The lowest BCUT2D eigenvalue weighted by atomic mass is 9.96. The zero-order valence-electron chi connectivity index (χ0n) is 17.2. The Kier molecular flexibility index (Phi) is 5.96. The summed E-state index contributed by atoms with van der Waals surface area (Å²) >= 11 is 6.12. The van der Waals surface area contributed by atoms with Gasteiger partial charge in [-0.3, -0.25) is 0 Å². The molecule has 154 valence electrons. The highest BCUT2D eigenvalue weighted by Crippen LogP contribution is 2.40. The highest BCUT2D eigenvalue weighted by Gasteiger charge is 2.23. The summed E-state index contributed by atoms with van der Waals surface area (Å²) < 4.78 is 5.45. The monoisotopic (exact) mass is 420 g/mol. The Morgan fingerprint density at radius 2 is 1.87 bits per heavy atom. The predicted molar refractivity (Wildman–Crippen MR) is 126 cm³/mol. The van der Waals surface area contributed by atoms with E-state index >= 15 is 0 Å². The van der Waals surface area contributed by atoms with E-state index < -0.39 is 0 Å². The van der Waals surface area contributed by atoms with Crippen molar-refractivity contribution in [2.45, 2.75) is 26.7 Å². The van der Waals surface area contributed by atoms with Gasteiger partial charge < -0.3 is 15.0 Å². The maximum Gasteiger partial charge on any atom is 0.340 e. The van der Waals surface area contributed by atoms with Crippen molar-refractivity contribution in [1.82, 2.24) is 4.98 Å². The summed E-state index contributed by atoms with van der Waals surface area (Å²) in [6, 6.07) is 17.9. The van der Waals surface area contributed by atoms with E-state index in [0.717, 1.165) is 58.0 Å². The molecule has 0 bridgehead atoms. The van der Waals surface area contributed by atoms with E-state index in [9.17, 15) is 4.79 Å². The maximum absolute atomic E-state index is 13.1. The van der Waals surface area contributed by atoms with E-state index in [-0.39, 0.29) is 5.97 Å². The molecule has 0 radical (unpaired) electrons. The molecule has 4 rings (SSSR count). The number of halogens is 1. The SMILES string of the molecule is CCCCNc1cc(-c2ccc(Cl)cc2)c2[nH]c3ccccc3c2c1C(=O)OCC. The number of fused-ring (bicyclic) bond motifs is 3. The Morgan fingerprint density at radius 3 is 2.60 bits per heavy atom. The second-order valence-electron chi connectivity index (χ2n) is 7.27. The smallest absolute Gasteiger partial charge is 0.340 e. The van der Waals surface area contributed by atoms with Crippen molar-refractivity contribution in [3.63, 3.8) is 0 Å². The lowest BCUT2D eigenvalue weighted by Crippen LogP contribution is -2.11. The van der Waals surface area contributed by atoms with Crippen molar-refractivity contribution in [2.75, 3.05) is 18.5 Å². The fourth-order valence-corrected chi connectivity index (χ4v) is 3.96. The summed E-state index contributed by atoms with van der Waals surface area (Å²) in [6.45, 7) is 5.10. The number of hydrogen-bond acceptors (Lipinski definition) is 3. The van der Waals surface area contributed by atoms with Crippen LogP contribution in [0, 0.1) is 0 Å². The van der Waals surface area contributed by atoms with Crippen LogP contribution in [0.2, 0.25) is 5.02 Å². The lowest BCUT2D eigenvalue weighted by Gasteiger charge is -2.16. The van der Waals surface area contributed by atoms with Gasteiger partial charge in [0.2, 0.25) is 0 Å². The first-order valence-electron chi connectivity index (χ1n) is 10.4. The van der Waals surface area contributed by atoms with Crippen LogP contribution in [0.15, 0.2) is 54.6 Å². The maximum atomic E-state index is 13.1. The van der Waals surface area contributed by atoms with Crippen LogP contribution in [0.5, 0.6) is 0 Å². The summed E-state index contributed by atoms with van der Waals surface area (Å²) in [7, 11) is 0. The first-order valence-corrected chi connectivity index (χ1v) is 10.8. The number of esters is 1. The van der Waals surface area contributed by atoms with Crippen LogP contribution in [0.25, 0.3) is 32.9 Å². The molecule has 0 saturated carbocycles. The van der Waals surface area contributed by atoms with E-state index in [0.29, 0.717) is 17.2 Å². The molecule has 0 unspecified atom stereocenters. The van der Waals surface area contributed by atoms with Crippen LogP contribution < -0.4 is 5.32 Å². The molecule has 0 atom stereocenters. The van der Waals surface area contributed by atoms with Gasteiger partial charge >= 0.3 is 5.97 Å². The standard InChI is InChI=1S/C25H25ClN2O2/c1-3-5-14-27-21-15-19(16-10-12-17(26)13-11-16)24-22(23(21)25(29)30-4-2)18-8-6-7-9-20(18)28-24/h6-13,15,27-28H,3-5,14H2,1-2H3. The van der Waals surface area contributed by atoms with Crippen LogP contribution in [0.3, 0.4) is 0 Å². The van der Waals surface area contributed by atoms with Crippen LogP contribution in [0.4, 0.5) is 5.69 Å². The third-order valence-corrected chi connectivity index (χ3v) is 5.52. The molecule has 0 aliphatic carbocycles. The molecule has 0 aliphatic rings. The molecule has 4 nitrogen and oxygen atoms in total. The number of aromatic amines is 1. The zero-order chi connectivity index (χ0) is 21.1. The van der Waals surface area contributed by atoms with Crippen molar-refractivity contribution in [3.8, 4) is 11.1 Å². The summed E-state index contributed by atoms with van der Waals surface area (Å²) in [6.07, 6.45) is 2.09. The number of hydrogen-bond donors (Lipinski definition) is 2. The van der Waals surface area contributed by atoms with E-state index in [2.05, 4.69) is 17.2 Å². The summed E-state index contributed by atoms with van der Waals surface area (Å²) in [5, 5.41) is 6.06. The van der Waals surface area contributed by atoms with Gasteiger partial charge in [-0.05, 0) is 43.2 Å². The minimum atomic E-state index is -0.311. The first-order chi connectivity index (χ1) is 14.6. The second-order valence-corrected chi connectivity index (χ2v) is 7.71. The number of aromatic nitrogens is 1. The number of ether oxygens (including phenoxy) is 1. The van der Waals surface area contributed by atoms with E-state index in [1.165, 1.54) is 0 Å². The van der Waals surface area contributed by atoms with Crippen molar-refractivity contribution in [3.05, 3.63) is 65.2 Å². The molecule has 0 spiro atoms. The Bertz CT molecular complexity index is 1200. The molecule has 1 heterocycles. The van der Waals surface area contributed by atoms with Gasteiger partial charge in [-0.2, -0.15) is 0 Å². The fraction of sp³-hybridized carbons (Fsp3) is 0.240. The normalized spacial score (nSPS) is 11.2. The van der Waals surface area contributed by atoms with Gasteiger partial charge in [0.15, 0.2) is 0 Å². The van der Waals surface area contributed by atoms with E-state index in [1.54, 1.807) is 0 Å². The summed E-state index contributed by atoms with van der Waals surface area (Å²) in [5.41, 5.74) is 5.33. The molecule has 3 aromatic carbocycles. The number of carbonyl (C=O) groups is 1. The van der Waals surface area contributed by atoms with Gasteiger partial charge in [-0.15, -0.1) is 0 Å². The Balaban J connectivity index is 2.05. The molecule has 2 N–H and O–H groups in total. The van der Waals surface area contributed by atoms with Crippen LogP contribution in [-0.2, 0) is 4.74 Å². The Hall–Kier alpha value is -2.98.